The van der Waals surface area contributed by atoms with Crippen LogP contribution in [0, 0.1) is 11.7 Å². The van der Waals surface area contributed by atoms with Gasteiger partial charge in [-0.25, -0.2) is 4.39 Å². The van der Waals surface area contributed by atoms with E-state index >= 15 is 0 Å². The molecule has 2 rings (SSSR count). The first-order chi connectivity index (χ1) is 9.20. The average Bonchev–Trinajstić information content (AvgIpc) is 2.45. The maximum absolute atomic E-state index is 13.6. The molecule has 0 radical (unpaired) electrons. The van der Waals surface area contributed by atoms with Crippen LogP contribution >= 0.6 is 11.6 Å². The van der Waals surface area contributed by atoms with E-state index in [9.17, 15) is 4.39 Å². The molecule has 1 nitrogen and oxygen atoms in total. The minimum absolute atomic E-state index is 0.0951. The van der Waals surface area contributed by atoms with Crippen LogP contribution in [0.25, 0.3) is 0 Å². The Morgan fingerprint density at radius 2 is 2.05 bits per heavy atom. The van der Waals surface area contributed by atoms with E-state index in [2.05, 4.69) is 0 Å². The zero-order valence-electron chi connectivity index (χ0n) is 11.5. The molecule has 0 aliphatic heterocycles. The van der Waals surface area contributed by atoms with Gasteiger partial charge >= 0.3 is 0 Å². The molecule has 1 unspecified atom stereocenters. The van der Waals surface area contributed by atoms with Crippen molar-refractivity contribution in [1.82, 2.24) is 0 Å². The van der Waals surface area contributed by atoms with Gasteiger partial charge in [0.2, 0.25) is 0 Å². The number of benzene rings is 1. The van der Waals surface area contributed by atoms with Crippen molar-refractivity contribution >= 4 is 11.6 Å². The lowest BCUT2D eigenvalue weighted by atomic mass is 9.85. The van der Waals surface area contributed by atoms with Gasteiger partial charge in [-0.1, -0.05) is 38.2 Å². The SMILES string of the molecule is COc1ccc(C(Cl)CCC2CCCCC2)cc1F. The molecule has 1 saturated carbocycles. The fourth-order valence-corrected chi connectivity index (χ4v) is 3.16. The number of rotatable bonds is 5. The summed E-state index contributed by atoms with van der Waals surface area (Å²) in [6.45, 7) is 0. The van der Waals surface area contributed by atoms with Crippen LogP contribution in [0.2, 0.25) is 0 Å². The van der Waals surface area contributed by atoms with Crippen molar-refractivity contribution in [2.24, 2.45) is 5.92 Å². The van der Waals surface area contributed by atoms with Gasteiger partial charge < -0.3 is 4.74 Å². The molecule has 1 aliphatic carbocycles. The van der Waals surface area contributed by atoms with Crippen molar-refractivity contribution in [2.45, 2.75) is 50.3 Å². The molecular weight excluding hydrogens is 263 g/mol. The molecule has 1 aromatic rings. The van der Waals surface area contributed by atoms with Gasteiger partial charge in [0, 0.05) is 0 Å². The number of hydrogen-bond donors (Lipinski definition) is 0. The summed E-state index contributed by atoms with van der Waals surface area (Å²) >= 11 is 6.39. The van der Waals surface area contributed by atoms with Crippen molar-refractivity contribution in [1.29, 1.82) is 0 Å². The van der Waals surface area contributed by atoms with Crippen LogP contribution in [-0.2, 0) is 0 Å². The third kappa shape index (κ3) is 4.10. The second-order valence-electron chi connectivity index (χ2n) is 5.44. The number of halogens is 2. The van der Waals surface area contributed by atoms with Crippen LogP contribution in [0.3, 0.4) is 0 Å². The van der Waals surface area contributed by atoms with Gasteiger partial charge in [-0.3, -0.25) is 0 Å². The van der Waals surface area contributed by atoms with Gasteiger partial charge in [-0.2, -0.15) is 0 Å². The summed E-state index contributed by atoms with van der Waals surface area (Å²) in [5.74, 6) is 0.765. The lowest BCUT2D eigenvalue weighted by molar-refractivity contribution is 0.331. The molecule has 0 amide bonds. The third-order valence-electron chi connectivity index (χ3n) is 4.09. The number of methoxy groups -OCH3 is 1. The molecule has 3 heteroatoms. The molecule has 106 valence electrons. The van der Waals surface area contributed by atoms with E-state index in [0.717, 1.165) is 24.3 Å². The molecule has 1 aromatic carbocycles. The predicted molar refractivity (Wildman–Crippen MR) is 77.4 cm³/mol. The van der Waals surface area contributed by atoms with Gasteiger partial charge in [0.15, 0.2) is 11.6 Å². The Morgan fingerprint density at radius 1 is 1.32 bits per heavy atom. The van der Waals surface area contributed by atoms with Gasteiger partial charge in [-0.15, -0.1) is 11.6 Å². The molecule has 19 heavy (non-hydrogen) atoms. The largest absolute Gasteiger partial charge is 0.494 e. The molecule has 0 aromatic heterocycles. The molecule has 1 atom stereocenters. The molecule has 1 fully saturated rings. The van der Waals surface area contributed by atoms with Crippen LogP contribution in [-0.4, -0.2) is 7.11 Å². The van der Waals surface area contributed by atoms with E-state index in [-0.39, 0.29) is 16.9 Å². The number of hydrogen-bond acceptors (Lipinski definition) is 1. The number of alkyl halides is 1. The van der Waals surface area contributed by atoms with Gasteiger partial charge in [0.25, 0.3) is 0 Å². The summed E-state index contributed by atoms with van der Waals surface area (Å²) < 4.78 is 18.5. The summed E-state index contributed by atoms with van der Waals surface area (Å²) in [4.78, 5) is 0. The van der Waals surface area contributed by atoms with Crippen LogP contribution in [0.1, 0.15) is 55.9 Å². The topological polar surface area (TPSA) is 9.23 Å². The standard InChI is InChI=1S/C16H22ClFO/c1-19-16-10-8-13(11-15(16)18)14(17)9-7-12-5-3-2-4-6-12/h8,10-12,14H,2-7,9H2,1H3. The fraction of sp³-hybridized carbons (Fsp3) is 0.625. The van der Waals surface area contributed by atoms with Gasteiger partial charge in [-0.05, 0) is 36.5 Å². The van der Waals surface area contributed by atoms with Crippen molar-refractivity contribution in [3.63, 3.8) is 0 Å². The highest BCUT2D eigenvalue weighted by atomic mass is 35.5. The van der Waals surface area contributed by atoms with Crippen molar-refractivity contribution in [3.05, 3.63) is 29.6 Å². The van der Waals surface area contributed by atoms with Gasteiger partial charge in [0.05, 0.1) is 12.5 Å². The Balaban J connectivity index is 1.88. The Hall–Kier alpha value is -0.760. The van der Waals surface area contributed by atoms with E-state index < -0.39 is 0 Å². The van der Waals surface area contributed by atoms with Crippen LogP contribution in [0.5, 0.6) is 5.75 Å². The number of ether oxygens (including phenoxy) is 1. The van der Waals surface area contributed by atoms with Crippen LogP contribution in [0.15, 0.2) is 18.2 Å². The highest BCUT2D eigenvalue weighted by molar-refractivity contribution is 6.20. The maximum atomic E-state index is 13.6. The van der Waals surface area contributed by atoms with Crippen LogP contribution in [0.4, 0.5) is 4.39 Å². The summed E-state index contributed by atoms with van der Waals surface area (Å²) in [5.41, 5.74) is 0.857. The van der Waals surface area contributed by atoms with Crippen LogP contribution < -0.4 is 4.74 Å². The van der Waals surface area contributed by atoms with Crippen molar-refractivity contribution < 1.29 is 9.13 Å². The Morgan fingerprint density at radius 3 is 2.68 bits per heavy atom. The Bertz CT molecular complexity index is 402. The summed E-state index contributed by atoms with van der Waals surface area (Å²) in [6, 6.07) is 5.01. The molecule has 0 saturated heterocycles. The van der Waals surface area contributed by atoms with E-state index in [0.29, 0.717) is 0 Å². The van der Waals surface area contributed by atoms with Crippen molar-refractivity contribution in [2.75, 3.05) is 7.11 Å². The summed E-state index contributed by atoms with van der Waals surface area (Å²) in [7, 11) is 1.47. The second kappa shape index (κ2) is 7.14. The average molecular weight is 285 g/mol. The quantitative estimate of drug-likeness (QED) is 0.651. The minimum atomic E-state index is -0.330. The highest BCUT2D eigenvalue weighted by Gasteiger charge is 2.17. The normalized spacial score (nSPS) is 18.3. The Labute approximate surface area is 120 Å². The maximum Gasteiger partial charge on any atom is 0.165 e. The second-order valence-corrected chi connectivity index (χ2v) is 5.97. The lowest BCUT2D eigenvalue weighted by Gasteiger charge is -2.22. The summed E-state index contributed by atoms with van der Waals surface area (Å²) in [6.07, 6.45) is 8.84. The smallest absolute Gasteiger partial charge is 0.165 e. The first-order valence-electron chi connectivity index (χ1n) is 7.18. The van der Waals surface area contributed by atoms with E-state index in [4.69, 9.17) is 16.3 Å². The predicted octanol–water partition coefficient (Wildman–Crippen LogP) is 5.47. The van der Waals surface area contributed by atoms with E-state index in [1.807, 2.05) is 6.07 Å². The Kier molecular flexibility index (Phi) is 5.50. The highest BCUT2D eigenvalue weighted by Crippen LogP contribution is 2.34. The van der Waals surface area contributed by atoms with Gasteiger partial charge in [0.1, 0.15) is 0 Å². The first-order valence-corrected chi connectivity index (χ1v) is 7.62. The van der Waals surface area contributed by atoms with E-state index in [1.54, 1.807) is 6.07 Å². The molecule has 0 spiro atoms. The molecule has 0 N–H and O–H groups in total. The fourth-order valence-electron chi connectivity index (χ4n) is 2.90. The first kappa shape index (κ1) is 14.6. The van der Waals surface area contributed by atoms with Crippen molar-refractivity contribution in [3.8, 4) is 5.75 Å². The lowest BCUT2D eigenvalue weighted by Crippen LogP contribution is -2.07. The molecule has 0 bridgehead atoms. The zero-order chi connectivity index (χ0) is 13.7. The molecule has 1 aliphatic rings. The zero-order valence-corrected chi connectivity index (χ0v) is 12.3. The molecule has 0 heterocycles. The minimum Gasteiger partial charge on any atom is -0.494 e. The third-order valence-corrected chi connectivity index (χ3v) is 4.56. The molecular formula is C16H22ClFO. The monoisotopic (exact) mass is 284 g/mol. The summed E-state index contributed by atoms with van der Waals surface area (Å²) in [5, 5.41) is -0.0951. The van der Waals surface area contributed by atoms with E-state index in [1.165, 1.54) is 45.3 Å².